The fraction of sp³-hybridized carbons (Fsp3) is 0.333. The molecule has 2 aliphatic rings. The Hall–Kier alpha value is -2.90. The van der Waals surface area contributed by atoms with Crippen molar-refractivity contribution in [2.45, 2.75) is 44.6 Å². The van der Waals surface area contributed by atoms with Crippen molar-refractivity contribution in [3.05, 3.63) is 66.5 Å². The third kappa shape index (κ3) is 4.32. The topological polar surface area (TPSA) is 44.7 Å². The lowest BCUT2D eigenvalue weighted by Gasteiger charge is -2.26. The predicted octanol–water partition coefficient (Wildman–Crippen LogP) is 3.72. The van der Waals surface area contributed by atoms with Crippen molar-refractivity contribution < 1.29 is 9.84 Å². The summed E-state index contributed by atoms with van der Waals surface area (Å²) in [6, 6.07) is 16.6. The Kier molecular flexibility index (Phi) is 5.55. The van der Waals surface area contributed by atoms with Gasteiger partial charge in [0.05, 0.1) is 18.8 Å². The molecule has 144 valence electrons. The maximum Gasteiger partial charge on any atom is 0.125 e. The molecule has 4 heteroatoms. The Balaban J connectivity index is 1.35. The van der Waals surface area contributed by atoms with Gasteiger partial charge in [-0.05, 0) is 61.6 Å². The van der Waals surface area contributed by atoms with Crippen LogP contribution >= 0.6 is 0 Å². The minimum Gasteiger partial charge on any atom is -0.490 e. The lowest BCUT2D eigenvalue weighted by Crippen LogP contribution is -2.43. The molecule has 0 spiro atoms. The van der Waals surface area contributed by atoms with Crippen LogP contribution in [-0.4, -0.2) is 34.9 Å². The fourth-order valence-electron chi connectivity index (χ4n) is 3.38. The lowest BCUT2D eigenvalue weighted by molar-refractivity contribution is 0.0928. The first-order valence-electron chi connectivity index (χ1n) is 9.91. The van der Waals surface area contributed by atoms with Gasteiger partial charge in [0.1, 0.15) is 11.9 Å². The van der Waals surface area contributed by atoms with Gasteiger partial charge in [0, 0.05) is 18.0 Å². The third-order valence-corrected chi connectivity index (χ3v) is 5.27. The van der Waals surface area contributed by atoms with Crippen LogP contribution in [0.2, 0.25) is 0 Å². The molecule has 1 saturated carbocycles. The zero-order valence-electron chi connectivity index (χ0n) is 16.1. The van der Waals surface area contributed by atoms with E-state index in [1.807, 2.05) is 29.4 Å². The second-order valence-electron chi connectivity index (χ2n) is 7.41. The molecule has 1 heterocycles. The molecule has 2 unspecified atom stereocenters. The Morgan fingerprint density at radius 1 is 1.11 bits per heavy atom. The maximum absolute atomic E-state index is 9.75. The molecule has 0 bridgehead atoms. The van der Waals surface area contributed by atoms with Crippen molar-refractivity contribution in [2.75, 3.05) is 6.54 Å². The molecular weight excluding hydrogens is 348 g/mol. The molecule has 0 saturated heterocycles. The Labute approximate surface area is 166 Å². The van der Waals surface area contributed by atoms with Crippen molar-refractivity contribution in [3.63, 3.8) is 0 Å². The van der Waals surface area contributed by atoms with Gasteiger partial charge in [0.15, 0.2) is 0 Å². The predicted molar refractivity (Wildman–Crippen MR) is 111 cm³/mol. The molecule has 1 aliphatic carbocycles. The molecule has 4 rings (SSSR count). The van der Waals surface area contributed by atoms with Gasteiger partial charge >= 0.3 is 0 Å². The van der Waals surface area contributed by atoms with Crippen LogP contribution in [0.1, 0.15) is 31.7 Å². The summed E-state index contributed by atoms with van der Waals surface area (Å²) < 4.78 is 5.92. The monoisotopic (exact) mass is 374 g/mol. The van der Waals surface area contributed by atoms with Crippen LogP contribution in [0.15, 0.2) is 60.9 Å². The van der Waals surface area contributed by atoms with E-state index in [0.717, 1.165) is 11.3 Å². The van der Waals surface area contributed by atoms with Crippen LogP contribution in [-0.2, 0) is 0 Å². The van der Waals surface area contributed by atoms with Gasteiger partial charge in [-0.15, -0.1) is 0 Å². The third-order valence-electron chi connectivity index (χ3n) is 5.27. The molecule has 1 fully saturated rings. The normalized spacial score (nSPS) is 19.4. The highest BCUT2D eigenvalue weighted by molar-refractivity contribution is 5.65. The van der Waals surface area contributed by atoms with Crippen molar-refractivity contribution in [1.82, 2.24) is 10.2 Å². The zero-order chi connectivity index (χ0) is 19.3. The highest BCUT2D eigenvalue weighted by Crippen LogP contribution is 2.27. The first-order chi connectivity index (χ1) is 13.7. The summed E-state index contributed by atoms with van der Waals surface area (Å²) in [6.45, 7) is 2.35. The van der Waals surface area contributed by atoms with Crippen LogP contribution in [0.5, 0.6) is 5.75 Å². The van der Waals surface area contributed by atoms with Crippen LogP contribution in [0, 0.1) is 11.8 Å². The second-order valence-corrected chi connectivity index (χ2v) is 7.41. The average Bonchev–Trinajstić information content (AvgIpc) is 3.15. The molecule has 1 aliphatic heterocycles. The fourth-order valence-corrected chi connectivity index (χ4v) is 3.38. The molecule has 0 amide bonds. The van der Waals surface area contributed by atoms with E-state index in [2.05, 4.69) is 53.6 Å². The summed E-state index contributed by atoms with van der Waals surface area (Å²) in [6.07, 6.45) is 7.25. The smallest absolute Gasteiger partial charge is 0.125 e. The first-order valence-corrected chi connectivity index (χ1v) is 9.91. The number of rotatable bonds is 5. The van der Waals surface area contributed by atoms with Crippen LogP contribution in [0.3, 0.4) is 0 Å². The number of ether oxygens (including phenoxy) is 1. The Morgan fingerprint density at radius 2 is 1.79 bits per heavy atom. The van der Waals surface area contributed by atoms with E-state index in [9.17, 15) is 5.11 Å². The molecule has 0 aromatic heterocycles. The maximum atomic E-state index is 9.75. The van der Waals surface area contributed by atoms with Crippen LogP contribution in [0.4, 0.5) is 0 Å². The first kappa shape index (κ1) is 18.5. The molecule has 2 aromatic carbocycles. The van der Waals surface area contributed by atoms with E-state index < -0.39 is 6.10 Å². The molecule has 4 nitrogen and oxygen atoms in total. The van der Waals surface area contributed by atoms with E-state index in [1.54, 1.807) is 6.92 Å². The minimum atomic E-state index is -0.457. The summed E-state index contributed by atoms with van der Waals surface area (Å²) in [5.74, 6) is 7.34. The second kappa shape index (κ2) is 8.41. The number of hydrogen-bond acceptors (Lipinski definition) is 4. The van der Waals surface area contributed by atoms with Crippen LogP contribution in [0.25, 0.3) is 11.1 Å². The number of nitrogens with one attached hydrogen (secondary N) is 1. The van der Waals surface area contributed by atoms with E-state index in [0.29, 0.717) is 12.6 Å². The van der Waals surface area contributed by atoms with Crippen LogP contribution < -0.4 is 10.1 Å². The average molecular weight is 374 g/mol. The van der Waals surface area contributed by atoms with Gasteiger partial charge < -0.3 is 20.1 Å². The number of aliphatic hydroxyl groups is 1. The van der Waals surface area contributed by atoms with E-state index in [-0.39, 0.29) is 6.17 Å². The zero-order valence-corrected chi connectivity index (χ0v) is 16.1. The molecule has 2 aromatic rings. The van der Waals surface area contributed by atoms with Crippen molar-refractivity contribution in [3.8, 4) is 28.7 Å². The van der Waals surface area contributed by atoms with Gasteiger partial charge in [0.2, 0.25) is 0 Å². The number of benzene rings is 2. The highest BCUT2D eigenvalue weighted by atomic mass is 16.5. The lowest BCUT2D eigenvalue weighted by atomic mass is 9.96. The van der Waals surface area contributed by atoms with Crippen molar-refractivity contribution in [2.24, 2.45) is 0 Å². The van der Waals surface area contributed by atoms with Crippen molar-refractivity contribution >= 4 is 0 Å². The largest absolute Gasteiger partial charge is 0.490 e. The van der Waals surface area contributed by atoms with Gasteiger partial charge in [-0.2, -0.15) is 0 Å². The Bertz CT molecular complexity index is 872. The van der Waals surface area contributed by atoms with E-state index in [1.165, 1.54) is 30.4 Å². The summed E-state index contributed by atoms with van der Waals surface area (Å²) >= 11 is 0. The van der Waals surface area contributed by atoms with Gasteiger partial charge in [-0.1, -0.05) is 36.1 Å². The Morgan fingerprint density at radius 3 is 2.39 bits per heavy atom. The number of aliphatic hydroxyl groups excluding tert-OH is 1. The minimum absolute atomic E-state index is 0.104. The molecule has 2 N–H and O–H groups in total. The standard InChI is InChI=1S/C24H26N2O2/c1-18(27)24-25-15-17-26(24)16-3-4-19-7-9-20(10-8-19)21-11-13-23(14-12-21)28-22-5-2-6-22/h7-15,17-18,22,24-25,27H,2,5-6,16H2,1H3. The van der Waals surface area contributed by atoms with Crippen molar-refractivity contribution in [1.29, 1.82) is 0 Å². The molecule has 28 heavy (non-hydrogen) atoms. The summed E-state index contributed by atoms with van der Waals surface area (Å²) in [4.78, 5) is 2.00. The summed E-state index contributed by atoms with van der Waals surface area (Å²) in [7, 11) is 0. The number of nitrogens with zero attached hydrogens (tertiary/aromatic N) is 1. The molecular formula is C24H26N2O2. The summed E-state index contributed by atoms with van der Waals surface area (Å²) in [5.41, 5.74) is 3.33. The van der Waals surface area contributed by atoms with E-state index in [4.69, 9.17) is 4.74 Å². The molecule has 0 radical (unpaired) electrons. The van der Waals surface area contributed by atoms with Gasteiger partial charge in [-0.25, -0.2) is 0 Å². The number of hydrogen-bond donors (Lipinski definition) is 2. The SMILES string of the molecule is CC(O)C1NC=CN1CC#Cc1ccc(-c2ccc(OC3CCC3)cc2)cc1. The van der Waals surface area contributed by atoms with E-state index >= 15 is 0 Å². The molecule has 2 atom stereocenters. The van der Waals surface area contributed by atoms with Gasteiger partial charge in [-0.3, -0.25) is 0 Å². The highest BCUT2D eigenvalue weighted by Gasteiger charge is 2.22. The summed E-state index contributed by atoms with van der Waals surface area (Å²) in [5, 5.41) is 12.9. The quantitative estimate of drug-likeness (QED) is 0.783. The van der Waals surface area contributed by atoms with Gasteiger partial charge in [0.25, 0.3) is 0 Å².